The van der Waals surface area contributed by atoms with Gasteiger partial charge in [-0.15, -0.1) is 11.3 Å². The van der Waals surface area contributed by atoms with Crippen LogP contribution in [0.1, 0.15) is 52.5 Å². The number of thiophene rings is 1. The van der Waals surface area contributed by atoms with E-state index in [0.717, 1.165) is 45.9 Å². The molecule has 2 heterocycles. The molecule has 0 N–H and O–H groups in total. The molecule has 1 fully saturated rings. The highest BCUT2D eigenvalue weighted by Gasteiger charge is 2.23. The minimum atomic E-state index is -0.783. The molecule has 5 aromatic rings. The van der Waals surface area contributed by atoms with E-state index in [0.29, 0.717) is 34.8 Å². The van der Waals surface area contributed by atoms with Crippen LogP contribution in [0.5, 0.6) is 17.2 Å². The molecule has 9 heteroatoms. The molecular formula is C38H35NO7S. The summed E-state index contributed by atoms with van der Waals surface area (Å²) in [7, 11) is 0. The van der Waals surface area contributed by atoms with Crippen molar-refractivity contribution in [3.05, 3.63) is 114 Å². The summed E-state index contributed by atoms with van der Waals surface area (Å²) in [5.74, 6) is 0.811. The predicted octanol–water partition coefficient (Wildman–Crippen LogP) is 8.42. The molecule has 1 saturated heterocycles. The Balaban J connectivity index is 1.27. The first-order valence-corrected chi connectivity index (χ1v) is 16.6. The molecule has 1 aliphatic heterocycles. The van der Waals surface area contributed by atoms with Gasteiger partial charge in [0.25, 0.3) is 0 Å². The molecule has 0 amide bonds. The second-order valence-electron chi connectivity index (χ2n) is 11.1. The molecule has 0 bridgehead atoms. The second-order valence-corrected chi connectivity index (χ2v) is 12.2. The predicted molar refractivity (Wildman–Crippen MR) is 182 cm³/mol. The van der Waals surface area contributed by atoms with E-state index in [4.69, 9.17) is 18.9 Å². The number of carbonyl (C=O) groups is 3. The fourth-order valence-electron chi connectivity index (χ4n) is 5.55. The maximum atomic E-state index is 14.2. The van der Waals surface area contributed by atoms with E-state index in [1.807, 2.05) is 24.3 Å². The first-order valence-electron chi connectivity index (χ1n) is 15.8. The zero-order chi connectivity index (χ0) is 32.6. The summed E-state index contributed by atoms with van der Waals surface area (Å²) in [6, 6.07) is 28.2. The van der Waals surface area contributed by atoms with Crippen LogP contribution in [0, 0.1) is 0 Å². The SMILES string of the molecule is CCOC(=O)Oc1ccc(-c2sc3cc(OC(=O)c4ccccc4)ccc3c2C(=O)c2ccc(OCCN3CCCCC3)cc2)cc1. The molecule has 1 aliphatic rings. The largest absolute Gasteiger partial charge is 0.513 e. The average molecular weight is 650 g/mol. The van der Waals surface area contributed by atoms with Gasteiger partial charge in [0.15, 0.2) is 5.78 Å². The van der Waals surface area contributed by atoms with E-state index in [1.165, 1.54) is 30.6 Å². The van der Waals surface area contributed by atoms with Gasteiger partial charge in [-0.2, -0.15) is 0 Å². The highest BCUT2D eigenvalue weighted by molar-refractivity contribution is 7.22. The molecule has 1 aromatic heterocycles. The van der Waals surface area contributed by atoms with Crippen molar-refractivity contribution in [3.63, 3.8) is 0 Å². The number of benzene rings is 4. The van der Waals surface area contributed by atoms with Gasteiger partial charge in [0.2, 0.25) is 0 Å². The summed E-state index contributed by atoms with van der Waals surface area (Å²) in [4.78, 5) is 41.9. The van der Waals surface area contributed by atoms with Crippen molar-refractivity contribution >= 4 is 39.3 Å². The Morgan fingerprint density at radius 3 is 2.17 bits per heavy atom. The minimum Gasteiger partial charge on any atom is -0.492 e. The molecule has 0 atom stereocenters. The summed E-state index contributed by atoms with van der Waals surface area (Å²) in [5, 5.41) is 0.739. The van der Waals surface area contributed by atoms with Crippen LogP contribution in [0.3, 0.4) is 0 Å². The highest BCUT2D eigenvalue weighted by atomic mass is 32.1. The quantitative estimate of drug-likeness (QED) is 0.0610. The van der Waals surface area contributed by atoms with Gasteiger partial charge in [0.05, 0.1) is 12.2 Å². The molecule has 47 heavy (non-hydrogen) atoms. The van der Waals surface area contributed by atoms with E-state index in [2.05, 4.69) is 4.90 Å². The molecule has 0 unspecified atom stereocenters. The van der Waals surface area contributed by atoms with Gasteiger partial charge in [0.1, 0.15) is 23.9 Å². The Hall–Kier alpha value is -4.99. The van der Waals surface area contributed by atoms with Crippen LogP contribution in [0.2, 0.25) is 0 Å². The van der Waals surface area contributed by atoms with Crippen molar-refractivity contribution in [2.75, 3.05) is 32.8 Å². The van der Waals surface area contributed by atoms with E-state index in [-0.39, 0.29) is 12.4 Å². The summed E-state index contributed by atoms with van der Waals surface area (Å²) in [5.41, 5.74) is 2.27. The van der Waals surface area contributed by atoms with Crippen LogP contribution < -0.4 is 14.2 Å². The minimum absolute atomic E-state index is 0.146. The number of piperidine rings is 1. The summed E-state index contributed by atoms with van der Waals surface area (Å²) >= 11 is 1.42. The third-order valence-electron chi connectivity index (χ3n) is 7.93. The lowest BCUT2D eigenvalue weighted by atomic mass is 9.97. The van der Waals surface area contributed by atoms with Gasteiger partial charge in [-0.25, -0.2) is 9.59 Å². The normalized spacial score (nSPS) is 13.2. The van der Waals surface area contributed by atoms with Gasteiger partial charge in [0, 0.05) is 32.6 Å². The van der Waals surface area contributed by atoms with Crippen LogP contribution in [0.25, 0.3) is 20.5 Å². The fourth-order valence-corrected chi connectivity index (χ4v) is 6.78. The number of hydrogen-bond donors (Lipinski definition) is 0. The second kappa shape index (κ2) is 15.1. The topological polar surface area (TPSA) is 91.4 Å². The third-order valence-corrected chi connectivity index (χ3v) is 9.13. The van der Waals surface area contributed by atoms with Crippen molar-refractivity contribution in [1.82, 2.24) is 4.90 Å². The molecule has 4 aromatic carbocycles. The number of nitrogens with zero attached hydrogens (tertiary/aromatic N) is 1. The monoisotopic (exact) mass is 649 g/mol. The Morgan fingerprint density at radius 2 is 1.45 bits per heavy atom. The van der Waals surface area contributed by atoms with Crippen molar-refractivity contribution in [2.24, 2.45) is 0 Å². The van der Waals surface area contributed by atoms with Gasteiger partial charge in [-0.1, -0.05) is 24.6 Å². The van der Waals surface area contributed by atoms with E-state index < -0.39 is 12.1 Å². The molecule has 0 saturated carbocycles. The van der Waals surface area contributed by atoms with Crippen LogP contribution in [-0.4, -0.2) is 55.7 Å². The maximum absolute atomic E-state index is 14.2. The molecule has 8 nitrogen and oxygen atoms in total. The van der Waals surface area contributed by atoms with Crippen LogP contribution in [0.15, 0.2) is 97.1 Å². The molecule has 0 radical (unpaired) electrons. The van der Waals surface area contributed by atoms with Crippen molar-refractivity contribution < 1.29 is 33.3 Å². The molecule has 0 spiro atoms. The number of carbonyl (C=O) groups excluding carboxylic acids is 3. The fraction of sp³-hybridized carbons (Fsp3) is 0.237. The number of fused-ring (bicyclic) bond motifs is 1. The van der Waals surface area contributed by atoms with Crippen molar-refractivity contribution in [2.45, 2.75) is 26.2 Å². The average Bonchev–Trinajstić information content (AvgIpc) is 3.48. The van der Waals surface area contributed by atoms with E-state index in [9.17, 15) is 14.4 Å². The molecule has 0 aliphatic carbocycles. The lowest BCUT2D eigenvalue weighted by molar-refractivity contribution is 0.0734. The lowest BCUT2D eigenvalue weighted by Crippen LogP contribution is -2.33. The zero-order valence-corrected chi connectivity index (χ0v) is 26.9. The number of ether oxygens (including phenoxy) is 4. The Labute approximate surface area is 277 Å². The highest BCUT2D eigenvalue weighted by Crippen LogP contribution is 2.42. The van der Waals surface area contributed by atoms with Crippen molar-refractivity contribution in [3.8, 4) is 27.7 Å². The first kappa shape index (κ1) is 32.0. The van der Waals surface area contributed by atoms with Gasteiger partial charge >= 0.3 is 12.1 Å². The molecular weight excluding hydrogens is 614 g/mol. The van der Waals surface area contributed by atoms with E-state index in [1.54, 1.807) is 79.7 Å². The van der Waals surface area contributed by atoms with Gasteiger partial charge in [-0.3, -0.25) is 9.69 Å². The lowest BCUT2D eigenvalue weighted by Gasteiger charge is -2.26. The number of likely N-dealkylation sites (tertiary alicyclic amines) is 1. The first-order chi connectivity index (χ1) is 23.0. The number of ketones is 1. The molecule has 240 valence electrons. The van der Waals surface area contributed by atoms with Crippen molar-refractivity contribution in [1.29, 1.82) is 0 Å². The Kier molecular flexibility index (Phi) is 10.2. The third kappa shape index (κ3) is 7.88. The number of esters is 1. The summed E-state index contributed by atoms with van der Waals surface area (Å²) < 4.78 is 22.5. The van der Waals surface area contributed by atoms with Crippen LogP contribution in [-0.2, 0) is 4.74 Å². The maximum Gasteiger partial charge on any atom is 0.513 e. The number of hydrogen-bond acceptors (Lipinski definition) is 9. The van der Waals surface area contributed by atoms with E-state index >= 15 is 0 Å². The zero-order valence-electron chi connectivity index (χ0n) is 26.1. The Bertz CT molecular complexity index is 1840. The number of rotatable bonds is 11. The Morgan fingerprint density at radius 1 is 0.745 bits per heavy atom. The van der Waals surface area contributed by atoms with Gasteiger partial charge in [-0.05, 0) is 117 Å². The van der Waals surface area contributed by atoms with Gasteiger partial charge < -0.3 is 18.9 Å². The standard InChI is InChI=1S/C38H35NO7S/c1-2-43-38(42)46-30-17-13-27(14-18-30)36-34(32-20-19-31(25-33(32)47-36)45-37(41)28-9-5-3-6-10-28)35(40)26-11-15-29(16-12-26)44-24-23-39-21-7-4-8-22-39/h3,5-6,9-20,25H,2,4,7-8,21-24H2,1H3. The summed E-state index contributed by atoms with van der Waals surface area (Å²) in [6.45, 7) is 5.63. The smallest absolute Gasteiger partial charge is 0.492 e. The van der Waals surface area contributed by atoms with Crippen LogP contribution in [0.4, 0.5) is 4.79 Å². The molecule has 6 rings (SSSR count). The summed E-state index contributed by atoms with van der Waals surface area (Å²) in [6.07, 6.45) is 2.99. The van der Waals surface area contributed by atoms with Crippen LogP contribution >= 0.6 is 11.3 Å².